The fourth-order valence-electron chi connectivity index (χ4n) is 6.59. The zero-order chi connectivity index (χ0) is 32.2. The normalized spacial score (nSPS) is 18.8. The van der Waals surface area contributed by atoms with Crippen LogP contribution in [-0.2, 0) is 17.8 Å². The van der Waals surface area contributed by atoms with Gasteiger partial charge in [0, 0.05) is 50.0 Å². The number of amides is 1. The van der Waals surface area contributed by atoms with Crippen LogP contribution in [-0.4, -0.2) is 74.0 Å². The van der Waals surface area contributed by atoms with Crippen molar-refractivity contribution < 1.29 is 13.6 Å². The average molecular weight is 614 g/mol. The van der Waals surface area contributed by atoms with Crippen molar-refractivity contribution in [2.24, 2.45) is 0 Å². The summed E-state index contributed by atoms with van der Waals surface area (Å²) < 4.78 is 33.3. The third kappa shape index (κ3) is 5.28. The number of benzene rings is 1. The predicted octanol–water partition coefficient (Wildman–Crippen LogP) is 4.84. The molecule has 1 aromatic carbocycles. The Hall–Kier alpha value is -4.51. The van der Waals surface area contributed by atoms with Crippen LogP contribution in [0.3, 0.4) is 0 Å². The Bertz CT molecular complexity index is 1890. The van der Waals surface area contributed by atoms with Gasteiger partial charge < -0.3 is 14.7 Å². The largest absolute Gasteiger partial charge is 0.355 e. The van der Waals surface area contributed by atoms with Gasteiger partial charge in [0.15, 0.2) is 5.65 Å². The quantitative estimate of drug-likeness (QED) is 0.306. The van der Waals surface area contributed by atoms with Crippen LogP contribution in [0.5, 0.6) is 0 Å². The Morgan fingerprint density at radius 3 is 2.58 bits per heavy atom. The van der Waals surface area contributed by atoms with Gasteiger partial charge >= 0.3 is 5.69 Å². The first-order valence-electron chi connectivity index (χ1n) is 15.3. The molecule has 0 unspecified atom stereocenters. The fourth-order valence-corrected chi connectivity index (χ4v) is 6.59. The molecule has 2 atom stereocenters. The van der Waals surface area contributed by atoms with E-state index in [2.05, 4.69) is 16.5 Å². The minimum atomic E-state index is -0.724. The van der Waals surface area contributed by atoms with E-state index in [1.807, 2.05) is 50.6 Å². The number of nitrogens with zero attached hydrogens (tertiary/aromatic N) is 7. The Morgan fingerprint density at radius 1 is 1.07 bits per heavy atom. The van der Waals surface area contributed by atoms with Crippen LogP contribution >= 0.6 is 0 Å². The zero-order valence-electron chi connectivity index (χ0n) is 26.2. The number of halogens is 2. The number of anilines is 1. The second-order valence-corrected chi connectivity index (χ2v) is 12.4. The van der Waals surface area contributed by atoms with Crippen LogP contribution in [0, 0.1) is 11.6 Å². The van der Waals surface area contributed by atoms with E-state index in [0.717, 1.165) is 5.56 Å². The molecule has 0 radical (unpaired) electrons. The SMILES string of the molecule is C=CC(=O)N1C[C@H](C)N(c2nc(=O)n3c4nc(c(F)cc24)-c2c(F)cccc2CN(C)CCc2ccnc(C(C)C)c2-3)C[C@H]1C. The highest BCUT2D eigenvalue weighted by Gasteiger charge is 2.34. The van der Waals surface area contributed by atoms with Crippen LogP contribution in [0.1, 0.15) is 50.4 Å². The lowest BCUT2D eigenvalue weighted by atomic mass is 9.99. The molecule has 6 rings (SSSR count). The van der Waals surface area contributed by atoms with E-state index >= 15 is 8.78 Å². The van der Waals surface area contributed by atoms with Crippen molar-refractivity contribution in [2.75, 3.05) is 31.6 Å². The van der Waals surface area contributed by atoms with E-state index in [-0.39, 0.29) is 46.6 Å². The van der Waals surface area contributed by atoms with Crippen LogP contribution in [0.15, 0.2) is 54.0 Å². The number of likely N-dealkylation sites (N-methyl/N-ethyl adjacent to an activating group) is 1. The van der Waals surface area contributed by atoms with E-state index in [4.69, 9.17) is 4.98 Å². The highest BCUT2D eigenvalue weighted by atomic mass is 19.1. The third-order valence-electron chi connectivity index (χ3n) is 8.86. The van der Waals surface area contributed by atoms with E-state index < -0.39 is 17.3 Å². The highest BCUT2D eigenvalue weighted by Crippen LogP contribution is 2.36. The second kappa shape index (κ2) is 11.8. The van der Waals surface area contributed by atoms with Gasteiger partial charge in [-0.1, -0.05) is 32.6 Å². The minimum Gasteiger partial charge on any atom is -0.349 e. The summed E-state index contributed by atoms with van der Waals surface area (Å²) in [6, 6.07) is 7.41. The smallest absolute Gasteiger partial charge is 0.349 e. The molecular formula is C34H37F2N7O2. The van der Waals surface area contributed by atoms with Crippen molar-refractivity contribution in [3.63, 3.8) is 0 Å². The summed E-state index contributed by atoms with van der Waals surface area (Å²) in [7, 11) is 1.93. The number of carbonyl (C=O) groups is 1. The van der Waals surface area contributed by atoms with Crippen molar-refractivity contribution in [2.45, 2.75) is 58.7 Å². The summed E-state index contributed by atoms with van der Waals surface area (Å²) in [5, 5.41) is 0.315. The number of piperazine rings is 1. The highest BCUT2D eigenvalue weighted by molar-refractivity contribution is 5.91. The van der Waals surface area contributed by atoms with Gasteiger partial charge in [-0.05, 0) is 68.6 Å². The molecule has 234 valence electrons. The standard InChI is InChI=1S/C34H37F2N7O2/c1-7-27(44)41-16-21(5)42(17-20(41)4)32-24-15-26(36)30-28-23(9-8-10-25(28)35)18-40(6)14-12-22-11-13-37-29(19(2)3)31(22)43(33(24)38-30)34(45)39-32/h7-11,13,15,19-21H,1,12,14,16-18H2,2-6H3/t20-,21+/m1/s1. The number of fused-ring (bicyclic) bond motifs is 5. The first kappa shape index (κ1) is 30.5. The molecule has 0 spiro atoms. The van der Waals surface area contributed by atoms with Crippen molar-refractivity contribution in [1.29, 1.82) is 0 Å². The Morgan fingerprint density at radius 2 is 1.84 bits per heavy atom. The molecule has 0 saturated carbocycles. The van der Waals surface area contributed by atoms with Crippen molar-refractivity contribution in [1.82, 2.24) is 29.3 Å². The molecule has 1 fully saturated rings. The van der Waals surface area contributed by atoms with Crippen LogP contribution in [0.2, 0.25) is 0 Å². The lowest BCUT2D eigenvalue weighted by Gasteiger charge is -2.44. The van der Waals surface area contributed by atoms with E-state index in [9.17, 15) is 9.59 Å². The molecule has 1 amide bonds. The number of rotatable bonds is 3. The number of carbonyl (C=O) groups excluding carboxylic acids is 1. The fraction of sp³-hybridized carbons (Fsp3) is 0.382. The Balaban J connectivity index is 1.70. The lowest BCUT2D eigenvalue weighted by molar-refractivity contribution is -0.128. The summed E-state index contributed by atoms with van der Waals surface area (Å²) in [4.78, 5) is 46.5. The summed E-state index contributed by atoms with van der Waals surface area (Å²) in [6.45, 7) is 13.1. The number of aromatic nitrogens is 4. The average Bonchev–Trinajstić information content (AvgIpc) is 3.00. The molecule has 0 aliphatic carbocycles. The van der Waals surface area contributed by atoms with Gasteiger partial charge in [0.25, 0.3) is 0 Å². The maximum atomic E-state index is 16.3. The summed E-state index contributed by atoms with van der Waals surface area (Å²) in [5.74, 6) is -1.29. The minimum absolute atomic E-state index is 0.0540. The first-order chi connectivity index (χ1) is 21.5. The lowest BCUT2D eigenvalue weighted by Crippen LogP contribution is -2.58. The van der Waals surface area contributed by atoms with Gasteiger partial charge in [-0.2, -0.15) is 4.98 Å². The molecule has 0 N–H and O–H groups in total. The summed E-state index contributed by atoms with van der Waals surface area (Å²) >= 11 is 0. The van der Waals surface area contributed by atoms with Gasteiger partial charge in [-0.15, -0.1) is 0 Å². The zero-order valence-corrected chi connectivity index (χ0v) is 26.2. The summed E-state index contributed by atoms with van der Waals surface area (Å²) in [5.41, 5.74) is 2.19. The number of hydrogen-bond acceptors (Lipinski definition) is 7. The van der Waals surface area contributed by atoms with E-state index in [1.165, 1.54) is 22.8 Å². The summed E-state index contributed by atoms with van der Waals surface area (Å²) in [6.07, 6.45) is 3.61. The van der Waals surface area contributed by atoms with Gasteiger partial charge in [-0.3, -0.25) is 9.78 Å². The first-order valence-corrected chi connectivity index (χ1v) is 15.3. The molecular weight excluding hydrogens is 576 g/mol. The second-order valence-electron chi connectivity index (χ2n) is 12.4. The Labute approximate surface area is 260 Å². The topological polar surface area (TPSA) is 87.5 Å². The maximum Gasteiger partial charge on any atom is 0.355 e. The van der Waals surface area contributed by atoms with Gasteiger partial charge in [0.1, 0.15) is 23.1 Å². The molecule has 9 nitrogen and oxygen atoms in total. The third-order valence-corrected chi connectivity index (χ3v) is 8.86. The van der Waals surface area contributed by atoms with Crippen molar-refractivity contribution in [3.8, 4) is 16.9 Å². The molecule has 45 heavy (non-hydrogen) atoms. The number of hydrogen-bond donors (Lipinski definition) is 0. The molecule has 5 heterocycles. The predicted molar refractivity (Wildman–Crippen MR) is 171 cm³/mol. The van der Waals surface area contributed by atoms with E-state index in [0.29, 0.717) is 54.9 Å². The van der Waals surface area contributed by atoms with Crippen molar-refractivity contribution >= 4 is 22.8 Å². The van der Waals surface area contributed by atoms with Crippen LogP contribution in [0.25, 0.3) is 28.0 Å². The van der Waals surface area contributed by atoms with Gasteiger partial charge in [0.2, 0.25) is 5.91 Å². The maximum absolute atomic E-state index is 16.3. The van der Waals surface area contributed by atoms with Gasteiger partial charge in [0.05, 0.1) is 16.8 Å². The molecule has 11 heteroatoms. The van der Waals surface area contributed by atoms with E-state index in [1.54, 1.807) is 23.2 Å². The van der Waals surface area contributed by atoms with Gasteiger partial charge in [-0.25, -0.2) is 23.1 Å². The van der Waals surface area contributed by atoms with Crippen LogP contribution < -0.4 is 10.6 Å². The molecule has 2 bridgehead atoms. The molecule has 2 aliphatic rings. The molecule has 2 aliphatic heterocycles. The van der Waals surface area contributed by atoms with Crippen LogP contribution in [0.4, 0.5) is 14.6 Å². The Kier molecular flexibility index (Phi) is 7.98. The molecule has 1 saturated heterocycles. The molecule has 4 aromatic rings. The monoisotopic (exact) mass is 613 g/mol. The van der Waals surface area contributed by atoms with Crippen molar-refractivity contribution in [3.05, 3.63) is 88.1 Å². The number of pyridine rings is 2. The molecule has 3 aromatic heterocycles.